The van der Waals surface area contributed by atoms with Crippen LogP contribution < -0.4 is 10.5 Å². The lowest BCUT2D eigenvalue weighted by molar-refractivity contribution is 0.232. The summed E-state index contributed by atoms with van der Waals surface area (Å²) in [6.07, 6.45) is 1.72. The molecule has 4 nitrogen and oxygen atoms in total. The minimum atomic E-state index is 0.355. The SMILES string of the molecule is Cc1occc1CN(C)CCOc1ccccc1C(N)=S. The van der Waals surface area contributed by atoms with E-state index in [1.54, 1.807) is 6.26 Å². The molecule has 1 aromatic carbocycles. The molecule has 2 N–H and O–H groups in total. The van der Waals surface area contributed by atoms with Crippen molar-refractivity contribution in [1.82, 2.24) is 4.90 Å². The number of nitrogens with zero attached hydrogens (tertiary/aromatic N) is 1. The van der Waals surface area contributed by atoms with Crippen molar-refractivity contribution in [2.45, 2.75) is 13.5 Å². The number of benzene rings is 1. The Morgan fingerprint density at radius 3 is 2.76 bits per heavy atom. The first-order chi connectivity index (χ1) is 10.1. The van der Waals surface area contributed by atoms with Gasteiger partial charge in [0.1, 0.15) is 23.1 Å². The van der Waals surface area contributed by atoms with Crippen LogP contribution in [0.1, 0.15) is 16.9 Å². The number of hydrogen-bond donors (Lipinski definition) is 1. The van der Waals surface area contributed by atoms with Crippen molar-refractivity contribution >= 4 is 17.2 Å². The van der Waals surface area contributed by atoms with Crippen molar-refractivity contribution in [3.63, 3.8) is 0 Å². The van der Waals surface area contributed by atoms with Crippen LogP contribution >= 0.6 is 12.2 Å². The van der Waals surface area contributed by atoms with E-state index in [1.165, 1.54) is 5.56 Å². The lowest BCUT2D eigenvalue weighted by Crippen LogP contribution is -2.24. The highest BCUT2D eigenvalue weighted by Gasteiger charge is 2.08. The smallest absolute Gasteiger partial charge is 0.129 e. The molecule has 0 radical (unpaired) electrons. The number of furan rings is 1. The second-order valence-electron chi connectivity index (χ2n) is 4.95. The molecule has 0 fully saturated rings. The molecule has 0 aliphatic heterocycles. The number of likely N-dealkylation sites (N-methyl/N-ethyl adjacent to an activating group) is 1. The molecule has 0 amide bonds. The Bertz CT molecular complexity index is 610. The summed E-state index contributed by atoms with van der Waals surface area (Å²) in [5.41, 5.74) is 7.66. The van der Waals surface area contributed by atoms with Gasteiger partial charge in [-0.05, 0) is 32.2 Å². The average molecular weight is 304 g/mol. The van der Waals surface area contributed by atoms with E-state index in [0.29, 0.717) is 11.6 Å². The molecule has 0 aliphatic rings. The fourth-order valence-electron chi connectivity index (χ4n) is 2.05. The molecule has 1 aromatic heterocycles. The summed E-state index contributed by atoms with van der Waals surface area (Å²) in [7, 11) is 2.05. The van der Waals surface area contributed by atoms with Gasteiger partial charge in [-0.3, -0.25) is 4.90 Å². The Kier molecular flexibility index (Phi) is 5.36. The van der Waals surface area contributed by atoms with Gasteiger partial charge in [0.25, 0.3) is 0 Å². The molecular formula is C16H20N2O2S. The monoisotopic (exact) mass is 304 g/mol. The first-order valence-electron chi connectivity index (χ1n) is 6.81. The van der Waals surface area contributed by atoms with Gasteiger partial charge in [0, 0.05) is 18.7 Å². The molecule has 112 valence electrons. The van der Waals surface area contributed by atoms with Crippen LogP contribution in [-0.4, -0.2) is 30.1 Å². The van der Waals surface area contributed by atoms with Gasteiger partial charge in [0.05, 0.1) is 11.8 Å². The highest BCUT2D eigenvalue weighted by atomic mass is 32.1. The second kappa shape index (κ2) is 7.24. The summed E-state index contributed by atoms with van der Waals surface area (Å²) < 4.78 is 11.1. The van der Waals surface area contributed by atoms with Gasteiger partial charge in [0.2, 0.25) is 0 Å². The lowest BCUT2D eigenvalue weighted by atomic mass is 10.2. The minimum absolute atomic E-state index is 0.355. The van der Waals surface area contributed by atoms with Gasteiger partial charge in [-0.1, -0.05) is 24.4 Å². The predicted molar refractivity (Wildman–Crippen MR) is 87.6 cm³/mol. The summed E-state index contributed by atoms with van der Waals surface area (Å²) in [6, 6.07) is 9.56. The van der Waals surface area contributed by atoms with Gasteiger partial charge in [-0.2, -0.15) is 0 Å². The zero-order chi connectivity index (χ0) is 15.2. The van der Waals surface area contributed by atoms with Gasteiger partial charge in [0.15, 0.2) is 0 Å². The number of aryl methyl sites for hydroxylation is 1. The first-order valence-corrected chi connectivity index (χ1v) is 7.22. The van der Waals surface area contributed by atoms with Crippen molar-refractivity contribution in [2.75, 3.05) is 20.2 Å². The molecule has 2 aromatic rings. The van der Waals surface area contributed by atoms with Crippen LogP contribution in [-0.2, 0) is 6.54 Å². The molecular weight excluding hydrogens is 284 g/mol. The van der Waals surface area contributed by atoms with E-state index in [4.69, 9.17) is 27.1 Å². The fraction of sp³-hybridized carbons (Fsp3) is 0.312. The van der Waals surface area contributed by atoms with Crippen molar-refractivity contribution < 1.29 is 9.15 Å². The number of hydrogen-bond acceptors (Lipinski definition) is 4. The van der Waals surface area contributed by atoms with Crippen LogP contribution in [0.5, 0.6) is 5.75 Å². The zero-order valence-corrected chi connectivity index (χ0v) is 13.2. The highest BCUT2D eigenvalue weighted by Crippen LogP contribution is 2.17. The van der Waals surface area contributed by atoms with Crippen LogP contribution in [0.25, 0.3) is 0 Å². The van der Waals surface area contributed by atoms with Crippen LogP contribution in [0.2, 0.25) is 0 Å². The fourth-order valence-corrected chi connectivity index (χ4v) is 2.22. The maximum atomic E-state index is 5.79. The average Bonchev–Trinajstić information content (AvgIpc) is 2.84. The largest absolute Gasteiger partial charge is 0.492 e. The molecule has 0 bridgehead atoms. The Morgan fingerprint density at radius 2 is 2.10 bits per heavy atom. The zero-order valence-electron chi connectivity index (χ0n) is 12.3. The second-order valence-corrected chi connectivity index (χ2v) is 5.39. The third kappa shape index (κ3) is 4.31. The number of ether oxygens (including phenoxy) is 1. The highest BCUT2D eigenvalue weighted by molar-refractivity contribution is 7.80. The predicted octanol–water partition coefficient (Wildman–Crippen LogP) is 2.73. The number of thiocarbonyl (C=S) groups is 1. The number of nitrogens with two attached hydrogens (primary N) is 1. The van der Waals surface area contributed by atoms with Gasteiger partial charge >= 0.3 is 0 Å². The maximum Gasteiger partial charge on any atom is 0.129 e. The summed E-state index contributed by atoms with van der Waals surface area (Å²) in [6.45, 7) is 4.18. The number of rotatable bonds is 7. The van der Waals surface area contributed by atoms with E-state index < -0.39 is 0 Å². The number of para-hydroxylation sites is 1. The molecule has 0 aliphatic carbocycles. The van der Waals surface area contributed by atoms with E-state index in [1.807, 2.05) is 37.3 Å². The van der Waals surface area contributed by atoms with Crippen LogP contribution in [0, 0.1) is 6.92 Å². The third-order valence-electron chi connectivity index (χ3n) is 3.29. The third-order valence-corrected chi connectivity index (χ3v) is 3.51. The molecule has 0 atom stereocenters. The molecule has 2 rings (SSSR count). The van der Waals surface area contributed by atoms with E-state index in [2.05, 4.69) is 11.9 Å². The van der Waals surface area contributed by atoms with Crippen molar-refractivity contribution in [1.29, 1.82) is 0 Å². The molecule has 1 heterocycles. The molecule has 0 unspecified atom stereocenters. The molecule has 5 heteroatoms. The Hall–Kier alpha value is -1.85. The van der Waals surface area contributed by atoms with E-state index in [-0.39, 0.29) is 0 Å². The summed E-state index contributed by atoms with van der Waals surface area (Å²) in [5, 5.41) is 0. The van der Waals surface area contributed by atoms with Gasteiger partial charge in [-0.15, -0.1) is 0 Å². The Balaban J connectivity index is 1.84. The standard InChI is InChI=1S/C16H20N2O2S/c1-12-13(7-9-19-12)11-18(2)8-10-20-15-6-4-3-5-14(15)16(17)21/h3-7,9H,8,10-11H2,1-2H3,(H2,17,21). The normalized spacial score (nSPS) is 10.8. The first kappa shape index (κ1) is 15.5. The van der Waals surface area contributed by atoms with E-state index >= 15 is 0 Å². The van der Waals surface area contributed by atoms with E-state index in [9.17, 15) is 0 Å². The molecule has 0 saturated carbocycles. The molecule has 0 saturated heterocycles. The minimum Gasteiger partial charge on any atom is -0.492 e. The van der Waals surface area contributed by atoms with Crippen molar-refractivity contribution in [3.05, 3.63) is 53.5 Å². The van der Waals surface area contributed by atoms with Crippen LogP contribution in [0.15, 0.2) is 41.0 Å². The van der Waals surface area contributed by atoms with Crippen molar-refractivity contribution in [2.24, 2.45) is 5.73 Å². The Morgan fingerprint density at radius 1 is 1.33 bits per heavy atom. The summed E-state index contributed by atoms with van der Waals surface area (Å²) in [4.78, 5) is 2.54. The van der Waals surface area contributed by atoms with Gasteiger partial charge in [-0.25, -0.2) is 0 Å². The van der Waals surface area contributed by atoms with Crippen LogP contribution in [0.3, 0.4) is 0 Å². The molecule has 0 spiro atoms. The molecule has 21 heavy (non-hydrogen) atoms. The summed E-state index contributed by atoms with van der Waals surface area (Å²) >= 11 is 5.02. The van der Waals surface area contributed by atoms with E-state index in [0.717, 1.165) is 30.2 Å². The lowest BCUT2D eigenvalue weighted by Gasteiger charge is -2.17. The topological polar surface area (TPSA) is 51.6 Å². The summed E-state index contributed by atoms with van der Waals surface area (Å²) in [5.74, 6) is 1.69. The van der Waals surface area contributed by atoms with Crippen LogP contribution in [0.4, 0.5) is 0 Å². The Labute approximate surface area is 130 Å². The van der Waals surface area contributed by atoms with Crippen molar-refractivity contribution in [3.8, 4) is 5.75 Å². The quantitative estimate of drug-likeness (QED) is 0.797. The van der Waals surface area contributed by atoms with Gasteiger partial charge < -0.3 is 14.9 Å². The maximum absolute atomic E-state index is 5.79.